The van der Waals surface area contributed by atoms with Crippen LogP contribution in [0.2, 0.25) is 5.02 Å². The topological polar surface area (TPSA) is 101 Å². The second kappa shape index (κ2) is 12.1. The van der Waals surface area contributed by atoms with Crippen LogP contribution >= 0.6 is 11.6 Å². The van der Waals surface area contributed by atoms with Gasteiger partial charge in [0, 0.05) is 30.9 Å². The average Bonchev–Trinajstić information content (AvgIpc) is 2.84. The number of pyridine rings is 1. The first-order chi connectivity index (χ1) is 16.3. The Hall–Kier alpha value is -3.56. The van der Waals surface area contributed by atoms with Gasteiger partial charge < -0.3 is 20.5 Å². The quantitative estimate of drug-likeness (QED) is 0.405. The summed E-state index contributed by atoms with van der Waals surface area (Å²) in [4.78, 5) is 28.2. The van der Waals surface area contributed by atoms with E-state index in [0.29, 0.717) is 0 Å². The van der Waals surface area contributed by atoms with Gasteiger partial charge in [0.15, 0.2) is 6.61 Å². The number of halogens is 3. The van der Waals surface area contributed by atoms with Crippen molar-refractivity contribution in [1.29, 1.82) is 0 Å². The number of benzene rings is 2. The van der Waals surface area contributed by atoms with Crippen LogP contribution in [0.3, 0.4) is 0 Å². The molecular weight excluding hydrogens is 468 g/mol. The Morgan fingerprint density at radius 2 is 1.76 bits per heavy atom. The zero-order valence-corrected chi connectivity index (χ0v) is 18.7. The first-order valence-corrected chi connectivity index (χ1v) is 10.7. The van der Waals surface area contributed by atoms with E-state index in [9.17, 15) is 23.5 Å². The number of aliphatic hydroxyl groups excluding tert-OH is 1. The third-order valence-corrected chi connectivity index (χ3v) is 5.04. The van der Waals surface area contributed by atoms with Crippen LogP contribution in [-0.4, -0.2) is 47.7 Å². The molecule has 2 amide bonds. The number of aromatic nitrogens is 1. The van der Waals surface area contributed by atoms with Gasteiger partial charge in [0.2, 0.25) is 0 Å². The molecule has 3 N–H and O–H groups in total. The molecule has 7 nitrogen and oxygen atoms in total. The van der Waals surface area contributed by atoms with E-state index < -0.39 is 23.7 Å². The molecule has 1 aromatic heterocycles. The van der Waals surface area contributed by atoms with Crippen molar-refractivity contribution in [3.05, 3.63) is 83.1 Å². The maximum Gasteiger partial charge on any atom is 0.269 e. The Bertz CT molecular complexity index is 1130. The summed E-state index contributed by atoms with van der Waals surface area (Å²) in [6.07, 6.45) is 0.821. The molecule has 0 aliphatic heterocycles. The van der Waals surface area contributed by atoms with Crippen molar-refractivity contribution in [3.63, 3.8) is 0 Å². The van der Waals surface area contributed by atoms with Crippen LogP contribution in [0.5, 0.6) is 5.75 Å². The van der Waals surface area contributed by atoms with E-state index >= 15 is 0 Å². The van der Waals surface area contributed by atoms with Crippen LogP contribution in [-0.2, 0) is 4.79 Å². The van der Waals surface area contributed by atoms with E-state index in [-0.39, 0.29) is 48.4 Å². The third kappa shape index (κ3) is 7.50. The monoisotopic (exact) mass is 489 g/mol. The maximum atomic E-state index is 13.4. The number of hydrogen-bond acceptors (Lipinski definition) is 5. The molecule has 178 valence electrons. The second-order valence-corrected chi connectivity index (χ2v) is 7.71. The fraction of sp³-hybridized carbons (Fsp3) is 0.208. The summed E-state index contributed by atoms with van der Waals surface area (Å²) in [5, 5.41) is 15.1. The van der Waals surface area contributed by atoms with Crippen LogP contribution < -0.4 is 15.4 Å². The van der Waals surface area contributed by atoms with Crippen molar-refractivity contribution in [1.82, 2.24) is 15.6 Å². The lowest BCUT2D eigenvalue weighted by Crippen LogP contribution is -2.37. The molecule has 1 atom stereocenters. The van der Waals surface area contributed by atoms with Gasteiger partial charge in [-0.1, -0.05) is 29.8 Å². The lowest BCUT2D eigenvalue weighted by Gasteiger charge is -2.13. The highest BCUT2D eigenvalue weighted by atomic mass is 35.5. The van der Waals surface area contributed by atoms with Gasteiger partial charge in [0.05, 0.1) is 11.1 Å². The zero-order chi connectivity index (χ0) is 24.5. The van der Waals surface area contributed by atoms with E-state index in [0.717, 1.165) is 17.2 Å². The first-order valence-electron chi connectivity index (χ1n) is 10.3. The second-order valence-electron chi connectivity index (χ2n) is 7.31. The summed E-state index contributed by atoms with van der Waals surface area (Å²) in [5.74, 6) is -1.75. The molecule has 0 fully saturated rings. The molecular formula is C24H22ClF2N3O4. The number of aliphatic hydroxyl groups is 1. The van der Waals surface area contributed by atoms with Crippen molar-refractivity contribution in [2.45, 2.75) is 12.5 Å². The Morgan fingerprint density at radius 3 is 2.44 bits per heavy atom. The van der Waals surface area contributed by atoms with Gasteiger partial charge in [-0.05, 0) is 42.3 Å². The number of hydrogen-bond donors (Lipinski definition) is 3. The summed E-state index contributed by atoms with van der Waals surface area (Å²) in [6, 6.07) is 13.0. The van der Waals surface area contributed by atoms with Gasteiger partial charge >= 0.3 is 0 Å². The molecule has 3 aromatic rings. The van der Waals surface area contributed by atoms with Gasteiger partial charge in [0.25, 0.3) is 11.8 Å². The molecule has 0 bridgehead atoms. The van der Waals surface area contributed by atoms with Crippen molar-refractivity contribution in [3.8, 4) is 16.9 Å². The fourth-order valence-corrected chi connectivity index (χ4v) is 3.00. The minimum atomic E-state index is -0.897. The standard InChI is InChI=1S/C24H22ClF2N3O4/c25-20-7-6-19(11-21(20)27)34-14-23(32)30-13-18(31)9-10-28-24(33)22-8-3-16(12-29-22)15-1-4-17(26)5-2-15/h1-8,11-12,18,31H,9-10,13-14H2,(H,28,33)(H,30,32). The van der Waals surface area contributed by atoms with Gasteiger partial charge in [-0.3, -0.25) is 14.6 Å². The number of rotatable bonds is 10. The zero-order valence-electron chi connectivity index (χ0n) is 17.9. The predicted octanol–water partition coefficient (Wildman–Crippen LogP) is 3.36. The molecule has 0 aliphatic rings. The van der Waals surface area contributed by atoms with Crippen molar-refractivity contribution >= 4 is 23.4 Å². The van der Waals surface area contributed by atoms with E-state index in [1.807, 2.05) is 0 Å². The van der Waals surface area contributed by atoms with Crippen LogP contribution in [0, 0.1) is 11.6 Å². The van der Waals surface area contributed by atoms with E-state index in [1.54, 1.807) is 24.3 Å². The highest BCUT2D eigenvalue weighted by Gasteiger charge is 2.11. The summed E-state index contributed by atoms with van der Waals surface area (Å²) in [6.45, 7) is -0.237. The van der Waals surface area contributed by atoms with Crippen molar-refractivity contribution in [2.75, 3.05) is 19.7 Å². The summed E-state index contributed by atoms with van der Waals surface area (Å²) in [7, 11) is 0. The van der Waals surface area contributed by atoms with E-state index in [2.05, 4.69) is 15.6 Å². The SMILES string of the molecule is O=C(COc1ccc(Cl)c(F)c1)NCC(O)CCNC(=O)c1ccc(-c2ccc(F)cc2)cn1. The average molecular weight is 490 g/mol. The van der Waals surface area contributed by atoms with Crippen LogP contribution in [0.4, 0.5) is 8.78 Å². The Morgan fingerprint density at radius 1 is 1.03 bits per heavy atom. The predicted molar refractivity (Wildman–Crippen MR) is 123 cm³/mol. The van der Waals surface area contributed by atoms with Gasteiger partial charge in [-0.2, -0.15) is 0 Å². The first kappa shape index (κ1) is 25.1. The molecule has 0 saturated heterocycles. The molecule has 34 heavy (non-hydrogen) atoms. The molecule has 1 heterocycles. The molecule has 0 saturated carbocycles. The molecule has 1 unspecified atom stereocenters. The maximum absolute atomic E-state index is 13.4. The smallest absolute Gasteiger partial charge is 0.269 e. The molecule has 3 rings (SSSR count). The van der Waals surface area contributed by atoms with Gasteiger partial charge in [-0.25, -0.2) is 8.78 Å². The normalized spacial score (nSPS) is 11.5. The van der Waals surface area contributed by atoms with Gasteiger partial charge in [-0.15, -0.1) is 0 Å². The lowest BCUT2D eigenvalue weighted by molar-refractivity contribution is -0.123. The minimum Gasteiger partial charge on any atom is -0.484 e. The molecule has 0 radical (unpaired) electrons. The van der Waals surface area contributed by atoms with Crippen molar-refractivity contribution < 1.29 is 28.2 Å². The van der Waals surface area contributed by atoms with E-state index in [1.165, 1.54) is 30.5 Å². The Balaban J connectivity index is 1.35. The number of carbonyl (C=O) groups excluding carboxylic acids is 2. The number of nitrogens with zero attached hydrogens (tertiary/aromatic N) is 1. The number of nitrogens with one attached hydrogen (secondary N) is 2. The van der Waals surface area contributed by atoms with Crippen LogP contribution in [0.15, 0.2) is 60.8 Å². The third-order valence-electron chi connectivity index (χ3n) is 4.73. The van der Waals surface area contributed by atoms with Crippen LogP contribution in [0.1, 0.15) is 16.9 Å². The highest BCUT2D eigenvalue weighted by Crippen LogP contribution is 2.20. The number of amides is 2. The molecule has 0 aliphatic carbocycles. The Labute approximate surface area is 199 Å². The molecule has 10 heteroatoms. The summed E-state index contributed by atoms with van der Waals surface area (Å²) < 4.78 is 31.5. The Kier molecular flexibility index (Phi) is 8.89. The van der Waals surface area contributed by atoms with Crippen molar-refractivity contribution in [2.24, 2.45) is 0 Å². The minimum absolute atomic E-state index is 0.0440. The number of ether oxygens (including phenoxy) is 1. The molecule has 2 aromatic carbocycles. The van der Waals surface area contributed by atoms with E-state index in [4.69, 9.17) is 16.3 Å². The summed E-state index contributed by atoms with van der Waals surface area (Å²) in [5.41, 5.74) is 1.72. The highest BCUT2D eigenvalue weighted by molar-refractivity contribution is 6.30. The van der Waals surface area contributed by atoms with Gasteiger partial charge in [0.1, 0.15) is 23.1 Å². The molecule has 0 spiro atoms. The van der Waals surface area contributed by atoms with Crippen LogP contribution in [0.25, 0.3) is 11.1 Å². The lowest BCUT2D eigenvalue weighted by atomic mass is 10.1. The fourth-order valence-electron chi connectivity index (χ4n) is 2.88. The largest absolute Gasteiger partial charge is 0.484 e. The number of carbonyl (C=O) groups is 2. The summed E-state index contributed by atoms with van der Waals surface area (Å²) >= 11 is 5.58.